The van der Waals surface area contributed by atoms with Crippen LogP contribution in [0, 0.1) is 0 Å². The zero-order valence-corrected chi connectivity index (χ0v) is 16.7. The Hall–Kier alpha value is -4.06. The number of fused-ring (bicyclic) bond motifs is 1. The van der Waals surface area contributed by atoms with Gasteiger partial charge in [-0.05, 0) is 6.07 Å². The summed E-state index contributed by atoms with van der Waals surface area (Å²) in [6, 6.07) is 3.41. The van der Waals surface area contributed by atoms with Gasteiger partial charge in [-0.15, -0.1) is 5.10 Å². The van der Waals surface area contributed by atoms with Crippen LogP contribution in [0.25, 0.3) is 11.6 Å². The summed E-state index contributed by atoms with van der Waals surface area (Å²) in [6.07, 6.45) is 8.11. The zero-order chi connectivity index (χ0) is 21.4. The molecule has 2 amide bonds. The maximum absolute atomic E-state index is 13.0. The van der Waals surface area contributed by atoms with Gasteiger partial charge in [0.15, 0.2) is 5.65 Å². The SMILES string of the molecule is Cn1ncc(C(=O)N2CCOCC2)c1C(=O)Nc1ccn2nc(-n3ccnc3)nc2c1. The molecule has 1 fully saturated rings. The normalized spacial score (nSPS) is 14.2. The predicted octanol–water partition coefficient (Wildman–Crippen LogP) is 0.373. The number of rotatable bonds is 4. The number of hydrogen-bond donors (Lipinski definition) is 1. The van der Waals surface area contributed by atoms with Crippen molar-refractivity contribution >= 4 is 23.1 Å². The van der Waals surface area contributed by atoms with Crippen molar-refractivity contribution in [1.29, 1.82) is 0 Å². The van der Waals surface area contributed by atoms with Crippen LogP contribution in [0.3, 0.4) is 0 Å². The van der Waals surface area contributed by atoms with Gasteiger partial charge < -0.3 is 15.0 Å². The van der Waals surface area contributed by atoms with Gasteiger partial charge in [0.25, 0.3) is 17.8 Å². The zero-order valence-electron chi connectivity index (χ0n) is 16.7. The topological polar surface area (TPSA) is 124 Å². The van der Waals surface area contributed by atoms with Crippen LogP contribution in [0.15, 0.2) is 43.2 Å². The maximum atomic E-state index is 13.0. The Labute approximate surface area is 176 Å². The van der Waals surface area contributed by atoms with Crippen molar-refractivity contribution in [3.63, 3.8) is 0 Å². The highest BCUT2D eigenvalue weighted by molar-refractivity contribution is 6.11. The van der Waals surface area contributed by atoms with Crippen molar-refractivity contribution in [3.8, 4) is 5.95 Å². The minimum absolute atomic E-state index is 0.192. The van der Waals surface area contributed by atoms with E-state index in [1.807, 2.05) is 0 Å². The summed E-state index contributed by atoms with van der Waals surface area (Å²) in [4.78, 5) is 36.0. The third-order valence-corrected chi connectivity index (χ3v) is 5.00. The smallest absolute Gasteiger partial charge is 0.274 e. The summed E-state index contributed by atoms with van der Waals surface area (Å²) in [5.41, 5.74) is 1.52. The largest absolute Gasteiger partial charge is 0.378 e. The molecule has 5 heterocycles. The molecule has 0 atom stereocenters. The number of nitrogens with zero attached hydrogens (tertiary/aromatic N) is 8. The number of hydrogen-bond acceptors (Lipinski definition) is 7. The van der Waals surface area contributed by atoms with Crippen LogP contribution in [0.2, 0.25) is 0 Å². The van der Waals surface area contributed by atoms with Gasteiger partial charge in [-0.25, -0.2) is 9.50 Å². The van der Waals surface area contributed by atoms with E-state index < -0.39 is 5.91 Å². The lowest BCUT2D eigenvalue weighted by Crippen LogP contribution is -2.41. The van der Waals surface area contributed by atoms with E-state index in [0.717, 1.165) is 0 Å². The van der Waals surface area contributed by atoms with E-state index in [9.17, 15) is 9.59 Å². The number of ether oxygens (including phenoxy) is 1. The Kier molecular flexibility index (Phi) is 4.67. The van der Waals surface area contributed by atoms with Crippen LogP contribution in [0.5, 0.6) is 0 Å². The van der Waals surface area contributed by atoms with Gasteiger partial charge in [0.2, 0.25) is 0 Å². The molecule has 12 heteroatoms. The molecule has 0 radical (unpaired) electrons. The third-order valence-electron chi connectivity index (χ3n) is 5.00. The van der Waals surface area contributed by atoms with E-state index in [-0.39, 0.29) is 17.2 Å². The number of aromatic nitrogens is 7. The van der Waals surface area contributed by atoms with E-state index >= 15 is 0 Å². The highest BCUT2D eigenvalue weighted by Gasteiger charge is 2.27. The molecule has 31 heavy (non-hydrogen) atoms. The molecule has 0 saturated carbocycles. The fourth-order valence-corrected chi connectivity index (χ4v) is 3.42. The standard InChI is InChI=1S/C19H19N9O3/c1-25-16(14(11-21-25)18(30)26-6-8-31-9-7-26)17(29)22-13-2-4-28-15(10-13)23-19(24-28)27-5-3-20-12-27/h2-5,10-12H,6-9H2,1H3,(H,22,29). The Morgan fingerprint density at radius 1 is 1.19 bits per heavy atom. The lowest BCUT2D eigenvalue weighted by Gasteiger charge is -2.26. The molecular formula is C19H19N9O3. The fraction of sp³-hybridized carbons (Fsp3) is 0.263. The van der Waals surface area contributed by atoms with Crippen LogP contribution in [0.4, 0.5) is 5.69 Å². The lowest BCUT2D eigenvalue weighted by atomic mass is 10.2. The number of imidazole rings is 1. The molecule has 1 saturated heterocycles. The van der Waals surface area contributed by atoms with Crippen molar-refractivity contribution in [1.82, 2.24) is 38.8 Å². The summed E-state index contributed by atoms with van der Waals surface area (Å²) in [5, 5.41) is 11.3. The molecule has 0 aliphatic carbocycles. The van der Waals surface area contributed by atoms with Crippen molar-refractivity contribution in [2.24, 2.45) is 7.05 Å². The third kappa shape index (κ3) is 3.53. The Morgan fingerprint density at radius 2 is 2.03 bits per heavy atom. The Morgan fingerprint density at radius 3 is 2.81 bits per heavy atom. The molecule has 5 rings (SSSR count). The van der Waals surface area contributed by atoms with Gasteiger partial charge in [-0.2, -0.15) is 10.1 Å². The van der Waals surface area contributed by atoms with Crippen molar-refractivity contribution in [2.45, 2.75) is 0 Å². The first-order valence-electron chi connectivity index (χ1n) is 9.65. The fourth-order valence-electron chi connectivity index (χ4n) is 3.42. The van der Waals surface area contributed by atoms with Crippen LogP contribution in [-0.4, -0.2) is 76.9 Å². The van der Waals surface area contributed by atoms with Crippen LogP contribution in [-0.2, 0) is 11.8 Å². The highest BCUT2D eigenvalue weighted by atomic mass is 16.5. The Bertz CT molecular complexity index is 1250. The van der Waals surface area contributed by atoms with Crippen LogP contribution in [0.1, 0.15) is 20.8 Å². The van der Waals surface area contributed by atoms with Crippen molar-refractivity contribution < 1.29 is 14.3 Å². The first-order valence-corrected chi connectivity index (χ1v) is 9.65. The van der Waals surface area contributed by atoms with E-state index in [1.54, 1.807) is 58.1 Å². The average Bonchev–Trinajstić information content (AvgIpc) is 3.52. The van der Waals surface area contributed by atoms with Crippen LogP contribution < -0.4 is 5.32 Å². The molecule has 0 bridgehead atoms. The molecule has 0 spiro atoms. The predicted molar refractivity (Wildman–Crippen MR) is 108 cm³/mol. The molecule has 4 aromatic rings. The quantitative estimate of drug-likeness (QED) is 0.505. The second-order valence-corrected chi connectivity index (χ2v) is 6.99. The highest BCUT2D eigenvalue weighted by Crippen LogP contribution is 2.17. The van der Waals surface area contributed by atoms with Gasteiger partial charge in [-0.3, -0.25) is 18.8 Å². The molecule has 12 nitrogen and oxygen atoms in total. The number of carbonyl (C=O) groups is 2. The molecule has 1 aliphatic heterocycles. The van der Waals surface area contributed by atoms with Gasteiger partial charge in [0.05, 0.1) is 25.0 Å². The summed E-state index contributed by atoms with van der Waals surface area (Å²) >= 11 is 0. The van der Waals surface area contributed by atoms with E-state index in [4.69, 9.17) is 4.74 Å². The molecule has 4 aromatic heterocycles. The monoisotopic (exact) mass is 421 g/mol. The summed E-state index contributed by atoms with van der Waals surface area (Å²) < 4.78 is 9.98. The van der Waals surface area contributed by atoms with E-state index in [1.165, 1.54) is 10.9 Å². The first kappa shape index (κ1) is 18.9. The number of aryl methyl sites for hydroxylation is 1. The second kappa shape index (κ2) is 7.65. The van der Waals surface area contributed by atoms with Crippen molar-refractivity contribution in [2.75, 3.05) is 31.6 Å². The molecular weight excluding hydrogens is 402 g/mol. The molecule has 0 aromatic carbocycles. The average molecular weight is 421 g/mol. The first-order chi connectivity index (χ1) is 15.1. The van der Waals surface area contributed by atoms with Gasteiger partial charge >= 0.3 is 0 Å². The maximum Gasteiger partial charge on any atom is 0.274 e. The Balaban J connectivity index is 1.39. The van der Waals surface area contributed by atoms with E-state index in [0.29, 0.717) is 43.6 Å². The number of amides is 2. The van der Waals surface area contributed by atoms with Gasteiger partial charge in [0.1, 0.15) is 12.0 Å². The van der Waals surface area contributed by atoms with Crippen LogP contribution >= 0.6 is 0 Å². The lowest BCUT2D eigenvalue weighted by molar-refractivity contribution is 0.0302. The molecule has 158 valence electrons. The minimum atomic E-state index is -0.435. The molecule has 1 aliphatic rings. The number of morpholine rings is 1. The second-order valence-electron chi connectivity index (χ2n) is 6.99. The van der Waals surface area contributed by atoms with Gasteiger partial charge in [0, 0.05) is 50.5 Å². The van der Waals surface area contributed by atoms with E-state index in [2.05, 4.69) is 25.5 Å². The van der Waals surface area contributed by atoms with Gasteiger partial charge in [-0.1, -0.05) is 0 Å². The summed E-state index contributed by atoms with van der Waals surface area (Å²) in [7, 11) is 1.63. The summed E-state index contributed by atoms with van der Waals surface area (Å²) in [6.45, 7) is 1.93. The molecule has 1 N–H and O–H groups in total. The number of nitrogens with one attached hydrogen (secondary N) is 1. The molecule has 0 unspecified atom stereocenters. The number of pyridine rings is 1. The number of anilines is 1. The minimum Gasteiger partial charge on any atom is -0.378 e. The summed E-state index contributed by atoms with van der Waals surface area (Å²) in [5.74, 6) is -0.208. The van der Waals surface area contributed by atoms with Crippen molar-refractivity contribution in [3.05, 3.63) is 54.5 Å². The number of carbonyl (C=O) groups excluding carboxylic acids is 2.